The summed E-state index contributed by atoms with van der Waals surface area (Å²) in [6.07, 6.45) is 3.87. The van der Waals surface area contributed by atoms with Gasteiger partial charge in [-0.15, -0.1) is 0 Å². The van der Waals surface area contributed by atoms with Gasteiger partial charge in [-0.2, -0.15) is 0 Å². The SMILES string of the molecule is c1nc(CN2CCNCC2)c(C2CCCO2)o1. The molecule has 2 aliphatic rings. The highest BCUT2D eigenvalue weighted by molar-refractivity contribution is 5.11. The first-order valence-electron chi connectivity index (χ1n) is 6.40. The fourth-order valence-electron chi connectivity index (χ4n) is 2.52. The average molecular weight is 237 g/mol. The summed E-state index contributed by atoms with van der Waals surface area (Å²) in [6.45, 7) is 6.02. The van der Waals surface area contributed by atoms with Gasteiger partial charge in [0.2, 0.25) is 0 Å². The molecule has 0 amide bonds. The second kappa shape index (κ2) is 5.16. The maximum absolute atomic E-state index is 5.66. The maximum atomic E-state index is 5.66. The summed E-state index contributed by atoms with van der Waals surface area (Å²) in [5.74, 6) is 0.945. The van der Waals surface area contributed by atoms with Crippen molar-refractivity contribution in [2.45, 2.75) is 25.5 Å². The molecule has 94 valence electrons. The molecule has 1 atom stereocenters. The summed E-state index contributed by atoms with van der Waals surface area (Å²) in [4.78, 5) is 6.76. The number of oxazole rings is 1. The summed E-state index contributed by atoms with van der Waals surface area (Å²) >= 11 is 0. The van der Waals surface area contributed by atoms with Crippen LogP contribution < -0.4 is 5.32 Å². The van der Waals surface area contributed by atoms with E-state index in [2.05, 4.69) is 15.2 Å². The van der Waals surface area contributed by atoms with Crippen molar-refractivity contribution < 1.29 is 9.15 Å². The zero-order valence-corrected chi connectivity index (χ0v) is 10.0. The Balaban J connectivity index is 1.67. The molecule has 5 nitrogen and oxygen atoms in total. The van der Waals surface area contributed by atoms with E-state index in [9.17, 15) is 0 Å². The molecule has 3 rings (SSSR count). The Morgan fingerprint density at radius 1 is 1.41 bits per heavy atom. The lowest BCUT2D eigenvalue weighted by molar-refractivity contribution is 0.0913. The third-order valence-electron chi connectivity index (χ3n) is 3.48. The van der Waals surface area contributed by atoms with Crippen molar-refractivity contribution in [1.82, 2.24) is 15.2 Å². The van der Waals surface area contributed by atoms with Crippen LogP contribution in [0.4, 0.5) is 0 Å². The fourth-order valence-corrected chi connectivity index (χ4v) is 2.52. The molecule has 3 heterocycles. The van der Waals surface area contributed by atoms with Crippen LogP contribution in [0.15, 0.2) is 10.8 Å². The van der Waals surface area contributed by atoms with Crippen LogP contribution in [0.2, 0.25) is 0 Å². The van der Waals surface area contributed by atoms with Gasteiger partial charge < -0.3 is 14.5 Å². The summed E-state index contributed by atoms with van der Waals surface area (Å²) < 4.78 is 11.2. The summed E-state index contributed by atoms with van der Waals surface area (Å²) in [7, 11) is 0. The molecule has 2 fully saturated rings. The van der Waals surface area contributed by atoms with Crippen LogP contribution >= 0.6 is 0 Å². The number of hydrogen-bond donors (Lipinski definition) is 1. The van der Waals surface area contributed by atoms with Gasteiger partial charge in [-0.3, -0.25) is 4.90 Å². The summed E-state index contributed by atoms with van der Waals surface area (Å²) in [5, 5.41) is 3.35. The van der Waals surface area contributed by atoms with Gasteiger partial charge >= 0.3 is 0 Å². The van der Waals surface area contributed by atoms with E-state index in [4.69, 9.17) is 9.15 Å². The number of rotatable bonds is 3. The van der Waals surface area contributed by atoms with Gasteiger partial charge in [0.15, 0.2) is 12.2 Å². The predicted molar refractivity (Wildman–Crippen MR) is 62.6 cm³/mol. The molecule has 0 spiro atoms. The molecule has 2 saturated heterocycles. The predicted octanol–water partition coefficient (Wildman–Crippen LogP) is 0.931. The van der Waals surface area contributed by atoms with Crippen molar-refractivity contribution in [3.8, 4) is 0 Å². The van der Waals surface area contributed by atoms with E-state index in [1.807, 2.05) is 0 Å². The third kappa shape index (κ3) is 2.51. The number of ether oxygens (including phenoxy) is 1. The normalized spacial score (nSPS) is 26.5. The monoisotopic (exact) mass is 237 g/mol. The second-order valence-corrected chi connectivity index (χ2v) is 4.69. The molecule has 0 aromatic carbocycles. The van der Waals surface area contributed by atoms with Crippen LogP contribution in [0.1, 0.15) is 30.4 Å². The molecule has 5 heteroatoms. The number of aromatic nitrogens is 1. The summed E-state index contributed by atoms with van der Waals surface area (Å²) in [5.41, 5.74) is 1.05. The van der Waals surface area contributed by atoms with E-state index in [0.717, 1.165) is 63.6 Å². The Kier molecular flexibility index (Phi) is 3.40. The van der Waals surface area contributed by atoms with Crippen LogP contribution in [0.25, 0.3) is 0 Å². The van der Waals surface area contributed by atoms with E-state index < -0.39 is 0 Å². The molecule has 0 radical (unpaired) electrons. The van der Waals surface area contributed by atoms with Crippen molar-refractivity contribution in [1.29, 1.82) is 0 Å². The molecule has 0 bridgehead atoms. The highest BCUT2D eigenvalue weighted by atomic mass is 16.5. The molecular formula is C12H19N3O2. The molecule has 0 saturated carbocycles. The van der Waals surface area contributed by atoms with Crippen LogP contribution in [-0.4, -0.2) is 42.7 Å². The van der Waals surface area contributed by atoms with E-state index >= 15 is 0 Å². The lowest BCUT2D eigenvalue weighted by Crippen LogP contribution is -2.43. The Hall–Kier alpha value is -0.910. The van der Waals surface area contributed by atoms with Crippen LogP contribution in [0.5, 0.6) is 0 Å². The number of nitrogens with zero attached hydrogens (tertiary/aromatic N) is 2. The van der Waals surface area contributed by atoms with Crippen molar-refractivity contribution >= 4 is 0 Å². The van der Waals surface area contributed by atoms with Crippen molar-refractivity contribution in [3.63, 3.8) is 0 Å². The maximum Gasteiger partial charge on any atom is 0.181 e. The van der Waals surface area contributed by atoms with Crippen LogP contribution in [0, 0.1) is 0 Å². The van der Waals surface area contributed by atoms with Gasteiger partial charge in [0.05, 0.1) is 5.69 Å². The summed E-state index contributed by atoms with van der Waals surface area (Å²) in [6, 6.07) is 0. The number of nitrogens with one attached hydrogen (secondary N) is 1. The third-order valence-corrected chi connectivity index (χ3v) is 3.48. The highest BCUT2D eigenvalue weighted by Crippen LogP contribution is 2.30. The first-order valence-corrected chi connectivity index (χ1v) is 6.40. The standard InChI is InChI=1S/C12H19N3O2/c1-2-11(16-7-1)12-10(14-9-17-12)8-15-5-3-13-4-6-15/h9,11,13H,1-8H2. The second-order valence-electron chi connectivity index (χ2n) is 4.69. The smallest absolute Gasteiger partial charge is 0.181 e. The number of piperazine rings is 1. The molecule has 17 heavy (non-hydrogen) atoms. The van der Waals surface area contributed by atoms with Gasteiger partial charge in [0, 0.05) is 39.3 Å². The van der Waals surface area contributed by atoms with Gasteiger partial charge in [-0.05, 0) is 12.8 Å². The molecule has 2 aliphatic heterocycles. The lowest BCUT2D eigenvalue weighted by Gasteiger charge is -2.26. The van der Waals surface area contributed by atoms with Crippen molar-refractivity contribution in [3.05, 3.63) is 17.8 Å². The van der Waals surface area contributed by atoms with Crippen molar-refractivity contribution in [2.24, 2.45) is 0 Å². The van der Waals surface area contributed by atoms with Crippen molar-refractivity contribution in [2.75, 3.05) is 32.8 Å². The minimum Gasteiger partial charge on any atom is -0.445 e. The first kappa shape index (κ1) is 11.2. The minimum absolute atomic E-state index is 0.135. The molecular weight excluding hydrogens is 218 g/mol. The molecule has 0 aliphatic carbocycles. The van der Waals surface area contributed by atoms with E-state index in [1.165, 1.54) is 0 Å². The largest absolute Gasteiger partial charge is 0.445 e. The van der Waals surface area contributed by atoms with Crippen LogP contribution in [-0.2, 0) is 11.3 Å². The Bertz CT molecular complexity index is 354. The molecule has 1 unspecified atom stereocenters. The average Bonchev–Trinajstić information content (AvgIpc) is 3.00. The van der Waals surface area contributed by atoms with Gasteiger partial charge in [0.25, 0.3) is 0 Å². The van der Waals surface area contributed by atoms with E-state index in [0.29, 0.717) is 0 Å². The Labute approximate surface area is 101 Å². The van der Waals surface area contributed by atoms with Gasteiger partial charge in [0.1, 0.15) is 6.10 Å². The number of hydrogen-bond acceptors (Lipinski definition) is 5. The highest BCUT2D eigenvalue weighted by Gasteiger charge is 2.25. The zero-order chi connectivity index (χ0) is 11.5. The Morgan fingerprint density at radius 3 is 3.06 bits per heavy atom. The first-order chi connectivity index (χ1) is 8.43. The quantitative estimate of drug-likeness (QED) is 0.847. The fraction of sp³-hybridized carbons (Fsp3) is 0.750. The molecule has 1 N–H and O–H groups in total. The van der Waals surface area contributed by atoms with E-state index in [1.54, 1.807) is 6.39 Å². The van der Waals surface area contributed by atoms with E-state index in [-0.39, 0.29) is 6.10 Å². The van der Waals surface area contributed by atoms with Gasteiger partial charge in [-0.25, -0.2) is 4.98 Å². The molecule has 1 aromatic rings. The Morgan fingerprint density at radius 2 is 2.29 bits per heavy atom. The minimum atomic E-state index is 0.135. The lowest BCUT2D eigenvalue weighted by atomic mass is 10.1. The van der Waals surface area contributed by atoms with Crippen LogP contribution in [0.3, 0.4) is 0 Å². The zero-order valence-electron chi connectivity index (χ0n) is 10.0. The van der Waals surface area contributed by atoms with Gasteiger partial charge in [-0.1, -0.05) is 0 Å². The molecule has 1 aromatic heterocycles. The topological polar surface area (TPSA) is 50.5 Å².